The first-order chi connectivity index (χ1) is 7.20. The first-order valence-corrected chi connectivity index (χ1v) is 5.72. The molecule has 0 unspecified atom stereocenters. The number of rotatable bonds is 3. The van der Waals surface area contributed by atoms with E-state index in [2.05, 4.69) is 24.6 Å². The van der Waals surface area contributed by atoms with Crippen molar-refractivity contribution in [2.45, 2.75) is 33.1 Å². The van der Waals surface area contributed by atoms with Gasteiger partial charge in [0.05, 0.1) is 0 Å². The van der Waals surface area contributed by atoms with Crippen molar-refractivity contribution < 1.29 is 4.79 Å². The molecule has 1 rings (SSSR count). The summed E-state index contributed by atoms with van der Waals surface area (Å²) in [6.45, 7) is 8.26. The van der Waals surface area contributed by atoms with Gasteiger partial charge in [-0.05, 0) is 25.9 Å². The van der Waals surface area contributed by atoms with Gasteiger partial charge < -0.3 is 11.1 Å². The molecule has 1 heterocycles. The molecule has 1 saturated heterocycles. The molecule has 0 saturated carbocycles. The van der Waals surface area contributed by atoms with E-state index in [1.165, 1.54) is 6.42 Å². The Kier molecular flexibility index (Phi) is 9.21. The Hall–Kier alpha value is -0.810. The summed E-state index contributed by atoms with van der Waals surface area (Å²) in [4.78, 5) is 10.3. The Bertz CT molecular complexity index is 156. The molecule has 90 valence electrons. The van der Waals surface area contributed by atoms with Crippen LogP contribution in [0.15, 0.2) is 0 Å². The molecule has 4 N–H and O–H groups in total. The van der Waals surface area contributed by atoms with Gasteiger partial charge in [-0.1, -0.05) is 20.3 Å². The maximum absolute atomic E-state index is 10.3. The van der Waals surface area contributed by atoms with Crippen LogP contribution in [0, 0.1) is 0 Å². The second-order valence-electron chi connectivity index (χ2n) is 3.48. The number of nitrogens with two attached hydrogens (primary N) is 1. The Labute approximate surface area is 92.4 Å². The molecule has 0 aromatic heterocycles. The van der Waals surface area contributed by atoms with Gasteiger partial charge in [-0.3, -0.25) is 5.43 Å². The van der Waals surface area contributed by atoms with Gasteiger partial charge in [-0.25, -0.2) is 9.80 Å². The molecule has 5 nitrogen and oxygen atoms in total. The molecule has 2 amide bonds. The quantitative estimate of drug-likeness (QED) is 0.649. The van der Waals surface area contributed by atoms with Crippen LogP contribution in [0.2, 0.25) is 0 Å². The molecule has 0 radical (unpaired) electrons. The second kappa shape index (κ2) is 9.73. The summed E-state index contributed by atoms with van der Waals surface area (Å²) >= 11 is 0. The predicted molar refractivity (Wildman–Crippen MR) is 62.4 cm³/mol. The zero-order valence-electron chi connectivity index (χ0n) is 9.88. The fourth-order valence-electron chi connectivity index (χ4n) is 1.41. The average molecular weight is 216 g/mol. The summed E-state index contributed by atoms with van der Waals surface area (Å²) < 4.78 is 0. The summed E-state index contributed by atoms with van der Waals surface area (Å²) in [5, 5.41) is 4.98. The highest BCUT2D eigenvalue weighted by Gasteiger charge is 2.09. The van der Waals surface area contributed by atoms with Gasteiger partial charge in [-0.15, -0.1) is 0 Å². The van der Waals surface area contributed by atoms with E-state index in [0.29, 0.717) is 0 Å². The Morgan fingerprint density at radius 2 is 1.73 bits per heavy atom. The number of primary amides is 1. The number of hydrogen-bond donors (Lipinski definition) is 3. The van der Waals surface area contributed by atoms with Crippen molar-refractivity contribution in [3.63, 3.8) is 0 Å². The minimum absolute atomic E-state index is 0.457. The van der Waals surface area contributed by atoms with E-state index in [9.17, 15) is 4.79 Å². The first-order valence-electron chi connectivity index (χ1n) is 5.72. The van der Waals surface area contributed by atoms with E-state index in [4.69, 9.17) is 5.73 Å². The van der Waals surface area contributed by atoms with E-state index in [1.807, 2.05) is 5.01 Å². The summed E-state index contributed by atoms with van der Waals surface area (Å²) in [7, 11) is 0. The minimum atomic E-state index is -0.457. The van der Waals surface area contributed by atoms with Crippen molar-refractivity contribution in [2.24, 2.45) is 5.73 Å². The van der Waals surface area contributed by atoms with Crippen LogP contribution in [0.3, 0.4) is 0 Å². The van der Waals surface area contributed by atoms with Gasteiger partial charge in [-0.2, -0.15) is 0 Å². The lowest BCUT2D eigenvalue weighted by molar-refractivity contribution is 0.160. The molecular weight excluding hydrogens is 192 g/mol. The normalized spacial score (nSPS) is 16.4. The summed E-state index contributed by atoms with van der Waals surface area (Å²) in [5.41, 5.74) is 7.49. The fourth-order valence-corrected chi connectivity index (χ4v) is 1.41. The highest BCUT2D eigenvalue weighted by Crippen LogP contribution is 2.04. The zero-order chi connectivity index (χ0) is 11.5. The molecule has 0 aromatic rings. The summed E-state index contributed by atoms with van der Waals surface area (Å²) in [5.74, 6) is 0. The average Bonchev–Trinajstić information content (AvgIpc) is 2.20. The van der Waals surface area contributed by atoms with Crippen molar-refractivity contribution in [3.05, 3.63) is 0 Å². The maximum Gasteiger partial charge on any atom is 0.326 e. The molecule has 0 aromatic carbocycles. The third-order valence-corrected chi connectivity index (χ3v) is 2.12. The molecule has 0 bridgehead atoms. The molecular formula is C10H24N4O. The van der Waals surface area contributed by atoms with E-state index in [1.54, 1.807) is 0 Å². The van der Waals surface area contributed by atoms with Crippen molar-refractivity contribution in [1.82, 2.24) is 15.8 Å². The van der Waals surface area contributed by atoms with Crippen molar-refractivity contribution in [3.8, 4) is 0 Å². The van der Waals surface area contributed by atoms with Crippen LogP contribution in [0.25, 0.3) is 0 Å². The summed E-state index contributed by atoms with van der Waals surface area (Å²) in [6.07, 6.45) is 3.57. The number of hydrogen-bond acceptors (Lipinski definition) is 3. The van der Waals surface area contributed by atoms with E-state index in [0.717, 1.165) is 39.0 Å². The molecule has 0 atom stereocenters. The monoisotopic (exact) mass is 216 g/mol. The van der Waals surface area contributed by atoms with Crippen LogP contribution < -0.4 is 16.5 Å². The molecule has 0 aliphatic carbocycles. The molecule has 1 fully saturated rings. The Morgan fingerprint density at radius 3 is 2.07 bits per heavy atom. The van der Waals surface area contributed by atoms with Gasteiger partial charge in [0.15, 0.2) is 0 Å². The highest BCUT2D eigenvalue weighted by atomic mass is 16.2. The zero-order valence-corrected chi connectivity index (χ0v) is 9.88. The predicted octanol–water partition coefficient (Wildman–Crippen LogP) is 0.671. The smallest absolute Gasteiger partial charge is 0.326 e. The van der Waals surface area contributed by atoms with Gasteiger partial charge >= 0.3 is 6.03 Å². The lowest BCUT2D eigenvalue weighted by atomic mass is 10.2. The minimum Gasteiger partial charge on any atom is -0.351 e. The SMILES string of the molecule is CCNCC.NC(=O)NN1CCCCC1. The number of nitrogens with zero attached hydrogens (tertiary/aromatic N) is 1. The van der Waals surface area contributed by atoms with Crippen molar-refractivity contribution in [2.75, 3.05) is 26.2 Å². The molecule has 1 aliphatic heterocycles. The molecule has 5 heteroatoms. The van der Waals surface area contributed by atoms with Crippen LogP contribution in [-0.4, -0.2) is 37.2 Å². The molecule has 15 heavy (non-hydrogen) atoms. The fraction of sp³-hybridized carbons (Fsp3) is 0.900. The highest BCUT2D eigenvalue weighted by molar-refractivity contribution is 5.70. The van der Waals surface area contributed by atoms with Gasteiger partial charge in [0.25, 0.3) is 0 Å². The van der Waals surface area contributed by atoms with Gasteiger partial charge in [0, 0.05) is 13.1 Å². The first kappa shape index (κ1) is 14.2. The van der Waals surface area contributed by atoms with Crippen LogP contribution in [0.4, 0.5) is 4.79 Å². The number of carbonyl (C=O) groups is 1. The van der Waals surface area contributed by atoms with E-state index >= 15 is 0 Å². The number of piperidine rings is 1. The second-order valence-corrected chi connectivity index (χ2v) is 3.48. The standard InChI is InChI=1S/C6H13N3O.C4H11N/c7-6(10)8-9-4-2-1-3-5-9;1-3-5-4-2/h1-5H2,(H3,7,8,10);5H,3-4H2,1-2H3. The molecule has 1 aliphatic rings. The van der Waals surface area contributed by atoms with Crippen molar-refractivity contribution >= 4 is 6.03 Å². The largest absolute Gasteiger partial charge is 0.351 e. The molecule has 0 spiro atoms. The number of hydrazine groups is 1. The van der Waals surface area contributed by atoms with Gasteiger partial charge in [0.2, 0.25) is 0 Å². The summed E-state index contributed by atoms with van der Waals surface area (Å²) in [6, 6.07) is -0.457. The third kappa shape index (κ3) is 9.49. The lowest BCUT2D eigenvalue weighted by Gasteiger charge is -2.25. The number of nitrogens with one attached hydrogen (secondary N) is 2. The van der Waals surface area contributed by atoms with E-state index in [-0.39, 0.29) is 0 Å². The van der Waals surface area contributed by atoms with Crippen LogP contribution in [0.5, 0.6) is 0 Å². The van der Waals surface area contributed by atoms with Crippen LogP contribution in [-0.2, 0) is 0 Å². The number of amides is 2. The van der Waals surface area contributed by atoms with E-state index < -0.39 is 6.03 Å². The number of urea groups is 1. The maximum atomic E-state index is 10.3. The van der Waals surface area contributed by atoms with Gasteiger partial charge in [0.1, 0.15) is 0 Å². The Balaban J connectivity index is 0.000000336. The van der Waals surface area contributed by atoms with Crippen molar-refractivity contribution in [1.29, 1.82) is 0 Å². The Morgan fingerprint density at radius 1 is 1.20 bits per heavy atom. The lowest BCUT2D eigenvalue weighted by Crippen LogP contribution is -2.47. The van der Waals surface area contributed by atoms with Crippen LogP contribution >= 0.6 is 0 Å². The number of carbonyl (C=O) groups excluding carboxylic acids is 1. The topological polar surface area (TPSA) is 70.4 Å². The van der Waals surface area contributed by atoms with Crippen LogP contribution in [0.1, 0.15) is 33.1 Å². The third-order valence-electron chi connectivity index (χ3n) is 2.12.